The van der Waals surface area contributed by atoms with Crippen LogP contribution in [0, 0.1) is 0 Å². The molecule has 0 aliphatic carbocycles. The van der Waals surface area contributed by atoms with E-state index in [4.69, 9.17) is 14.2 Å². The zero-order valence-corrected chi connectivity index (χ0v) is 16.6. The van der Waals surface area contributed by atoms with E-state index in [0.717, 1.165) is 5.56 Å². The molecule has 8 heteroatoms. The Balaban J connectivity index is 2.70. The number of hydrogen-bond acceptors (Lipinski definition) is 5. The Bertz CT molecular complexity index is 614. The van der Waals surface area contributed by atoms with Gasteiger partial charge in [0.15, 0.2) is 17.5 Å². The number of guanidine groups is 1. The van der Waals surface area contributed by atoms with Crippen molar-refractivity contribution in [3.63, 3.8) is 0 Å². The Morgan fingerprint density at radius 3 is 2.04 bits per heavy atom. The molecule has 0 bridgehead atoms. The first kappa shape index (κ1) is 21.4. The first-order chi connectivity index (χ1) is 12.2. The average molecular weight is 366 g/mol. The largest absolute Gasteiger partial charge is 0.493 e. The predicted octanol–water partition coefficient (Wildman–Crippen LogP) is 1.29. The maximum Gasteiger partial charge on any atom is 0.239 e. The molecule has 146 valence electrons. The third kappa shape index (κ3) is 6.70. The fourth-order valence-electron chi connectivity index (χ4n) is 2.27. The van der Waals surface area contributed by atoms with E-state index in [9.17, 15) is 4.79 Å². The van der Waals surface area contributed by atoms with E-state index in [0.29, 0.717) is 29.8 Å². The van der Waals surface area contributed by atoms with Gasteiger partial charge < -0.3 is 30.2 Å². The minimum Gasteiger partial charge on any atom is -0.493 e. The van der Waals surface area contributed by atoms with Crippen molar-refractivity contribution in [2.45, 2.75) is 32.9 Å². The number of nitrogens with zero attached hydrogens (tertiary/aromatic N) is 1. The van der Waals surface area contributed by atoms with E-state index >= 15 is 0 Å². The summed E-state index contributed by atoms with van der Waals surface area (Å²) >= 11 is 0. The molecule has 0 spiro atoms. The lowest BCUT2D eigenvalue weighted by Crippen LogP contribution is -2.48. The van der Waals surface area contributed by atoms with Crippen molar-refractivity contribution in [3.05, 3.63) is 17.7 Å². The van der Waals surface area contributed by atoms with Gasteiger partial charge in [0.05, 0.1) is 27.9 Å². The molecule has 0 atom stereocenters. The zero-order valence-electron chi connectivity index (χ0n) is 16.6. The highest BCUT2D eigenvalue weighted by atomic mass is 16.5. The second kappa shape index (κ2) is 9.74. The quantitative estimate of drug-likeness (QED) is 0.497. The highest BCUT2D eigenvalue weighted by Gasteiger charge is 2.15. The van der Waals surface area contributed by atoms with Crippen LogP contribution < -0.4 is 30.2 Å². The number of hydrogen-bond donors (Lipinski definition) is 3. The average Bonchev–Trinajstić information content (AvgIpc) is 2.59. The van der Waals surface area contributed by atoms with Crippen LogP contribution >= 0.6 is 0 Å². The Labute approximate surface area is 155 Å². The maximum atomic E-state index is 11.9. The molecule has 26 heavy (non-hydrogen) atoms. The maximum absolute atomic E-state index is 11.9. The number of carbonyl (C=O) groups is 1. The molecular weight excluding hydrogens is 336 g/mol. The number of nitrogens with one attached hydrogen (secondary N) is 3. The molecule has 1 aromatic rings. The van der Waals surface area contributed by atoms with E-state index in [1.807, 2.05) is 32.9 Å². The van der Waals surface area contributed by atoms with Gasteiger partial charge >= 0.3 is 0 Å². The molecule has 0 fully saturated rings. The molecule has 8 nitrogen and oxygen atoms in total. The molecule has 0 aromatic heterocycles. The molecule has 1 rings (SSSR count). The molecule has 0 heterocycles. The van der Waals surface area contributed by atoms with E-state index in [-0.39, 0.29) is 18.0 Å². The Morgan fingerprint density at radius 2 is 1.62 bits per heavy atom. The van der Waals surface area contributed by atoms with Crippen molar-refractivity contribution < 1.29 is 19.0 Å². The summed E-state index contributed by atoms with van der Waals surface area (Å²) in [6, 6.07) is 3.71. The smallest absolute Gasteiger partial charge is 0.239 e. The van der Waals surface area contributed by atoms with E-state index in [1.165, 1.54) is 0 Å². The van der Waals surface area contributed by atoms with Gasteiger partial charge in [0.25, 0.3) is 0 Å². The molecule has 1 aromatic carbocycles. The SMILES string of the molecule is CN=C(NCC(=O)NC(C)(C)C)NCc1cc(OC)c(OC)c(OC)c1. The van der Waals surface area contributed by atoms with Crippen LogP contribution in [-0.4, -0.2) is 52.3 Å². The number of rotatable bonds is 7. The summed E-state index contributed by atoms with van der Waals surface area (Å²) in [7, 11) is 6.35. The molecule has 0 saturated carbocycles. The molecule has 3 N–H and O–H groups in total. The van der Waals surface area contributed by atoms with Crippen molar-refractivity contribution >= 4 is 11.9 Å². The number of benzene rings is 1. The molecule has 1 amide bonds. The first-order valence-electron chi connectivity index (χ1n) is 8.28. The Hall–Kier alpha value is -2.64. The zero-order chi connectivity index (χ0) is 19.7. The summed E-state index contributed by atoms with van der Waals surface area (Å²) in [5.74, 6) is 2.11. The van der Waals surface area contributed by atoms with Crippen LogP contribution in [-0.2, 0) is 11.3 Å². The van der Waals surface area contributed by atoms with Gasteiger partial charge in [-0.3, -0.25) is 9.79 Å². The first-order valence-corrected chi connectivity index (χ1v) is 8.28. The van der Waals surface area contributed by atoms with Crippen LogP contribution in [0.15, 0.2) is 17.1 Å². The third-order valence-electron chi connectivity index (χ3n) is 3.34. The molecular formula is C18H30N4O4. The summed E-state index contributed by atoms with van der Waals surface area (Å²) < 4.78 is 16.0. The van der Waals surface area contributed by atoms with Crippen LogP contribution in [0.3, 0.4) is 0 Å². The number of aliphatic imine (C=N–C) groups is 1. The topological polar surface area (TPSA) is 93.2 Å². The van der Waals surface area contributed by atoms with Gasteiger partial charge in [-0.15, -0.1) is 0 Å². The van der Waals surface area contributed by atoms with E-state index in [2.05, 4.69) is 20.9 Å². The lowest BCUT2D eigenvalue weighted by atomic mass is 10.1. The van der Waals surface area contributed by atoms with Crippen LogP contribution in [0.2, 0.25) is 0 Å². The normalized spacial score (nSPS) is 11.6. The monoisotopic (exact) mass is 366 g/mol. The van der Waals surface area contributed by atoms with Gasteiger partial charge in [0.2, 0.25) is 11.7 Å². The minimum absolute atomic E-state index is 0.103. The summed E-state index contributed by atoms with van der Waals surface area (Å²) in [5.41, 5.74) is 0.646. The Kier molecular flexibility index (Phi) is 8.02. The molecule has 0 unspecified atom stereocenters. The van der Waals surface area contributed by atoms with E-state index < -0.39 is 0 Å². The number of methoxy groups -OCH3 is 3. The number of carbonyl (C=O) groups excluding carboxylic acids is 1. The minimum atomic E-state index is -0.272. The fraction of sp³-hybridized carbons (Fsp3) is 0.556. The number of ether oxygens (including phenoxy) is 3. The highest BCUT2D eigenvalue weighted by Crippen LogP contribution is 2.38. The molecule has 0 aliphatic rings. The van der Waals surface area contributed by atoms with Crippen LogP contribution in [0.1, 0.15) is 26.3 Å². The fourth-order valence-corrected chi connectivity index (χ4v) is 2.27. The van der Waals surface area contributed by atoms with Crippen LogP contribution in [0.25, 0.3) is 0 Å². The predicted molar refractivity (Wildman–Crippen MR) is 102 cm³/mol. The van der Waals surface area contributed by atoms with Crippen molar-refractivity contribution in [2.24, 2.45) is 4.99 Å². The standard InChI is InChI=1S/C18H30N4O4/c1-18(2,3)22-15(23)11-21-17(19-4)20-10-12-8-13(24-5)16(26-7)14(9-12)25-6/h8-9H,10-11H2,1-7H3,(H,22,23)(H2,19,20,21). The van der Waals surface area contributed by atoms with Gasteiger partial charge in [0, 0.05) is 19.1 Å². The molecule has 0 saturated heterocycles. The van der Waals surface area contributed by atoms with Gasteiger partial charge in [-0.1, -0.05) is 0 Å². The van der Waals surface area contributed by atoms with Gasteiger partial charge in [0.1, 0.15) is 0 Å². The van der Waals surface area contributed by atoms with Crippen molar-refractivity contribution in [1.82, 2.24) is 16.0 Å². The van der Waals surface area contributed by atoms with Crippen LogP contribution in [0.4, 0.5) is 0 Å². The van der Waals surface area contributed by atoms with Gasteiger partial charge in [-0.25, -0.2) is 0 Å². The molecule has 0 radical (unpaired) electrons. The molecule has 0 aliphatic heterocycles. The summed E-state index contributed by atoms with van der Waals surface area (Å²) in [5, 5.41) is 9.02. The van der Waals surface area contributed by atoms with Crippen molar-refractivity contribution in [1.29, 1.82) is 0 Å². The Morgan fingerprint density at radius 1 is 1.04 bits per heavy atom. The second-order valence-electron chi connectivity index (χ2n) is 6.61. The summed E-state index contributed by atoms with van der Waals surface area (Å²) in [6.45, 7) is 6.40. The van der Waals surface area contributed by atoms with Crippen molar-refractivity contribution in [3.8, 4) is 17.2 Å². The summed E-state index contributed by atoms with van der Waals surface area (Å²) in [4.78, 5) is 16.0. The summed E-state index contributed by atoms with van der Waals surface area (Å²) in [6.07, 6.45) is 0. The second-order valence-corrected chi connectivity index (χ2v) is 6.61. The highest BCUT2D eigenvalue weighted by molar-refractivity contribution is 5.86. The van der Waals surface area contributed by atoms with Gasteiger partial charge in [-0.2, -0.15) is 0 Å². The third-order valence-corrected chi connectivity index (χ3v) is 3.34. The van der Waals surface area contributed by atoms with Crippen LogP contribution in [0.5, 0.6) is 17.2 Å². The van der Waals surface area contributed by atoms with Gasteiger partial charge in [-0.05, 0) is 38.5 Å². The van der Waals surface area contributed by atoms with E-state index in [1.54, 1.807) is 28.4 Å². The number of amides is 1. The van der Waals surface area contributed by atoms with Crippen molar-refractivity contribution in [2.75, 3.05) is 34.9 Å². The lowest BCUT2D eigenvalue weighted by molar-refractivity contribution is -0.121. The lowest BCUT2D eigenvalue weighted by Gasteiger charge is -2.21.